The number of carbonyl (C=O) groups is 2. The first kappa shape index (κ1) is 20.6. The number of rotatable bonds is 4. The van der Waals surface area contributed by atoms with Gasteiger partial charge in [0.25, 0.3) is 11.8 Å². The molecular weight excluding hydrogens is 415 g/mol. The van der Waals surface area contributed by atoms with Crippen LogP contribution < -0.4 is 20.3 Å². The molecule has 1 saturated heterocycles. The molecule has 5 rings (SSSR count). The lowest BCUT2D eigenvalue weighted by Gasteiger charge is -2.36. The summed E-state index contributed by atoms with van der Waals surface area (Å²) in [6, 6.07) is 3.49. The zero-order valence-corrected chi connectivity index (χ0v) is 18.1. The number of nitrogens with zero attached hydrogens (tertiary/aromatic N) is 4. The van der Waals surface area contributed by atoms with Gasteiger partial charge in [0.2, 0.25) is 5.82 Å². The molecule has 2 N–H and O–H groups in total. The molecule has 1 aromatic carbocycles. The predicted octanol–water partition coefficient (Wildman–Crippen LogP) is 1.47. The number of benzene rings is 1. The second-order valence-electron chi connectivity index (χ2n) is 8.47. The molecule has 3 heterocycles. The zero-order valence-electron chi connectivity index (χ0n) is 18.1. The number of aromatic nitrogens is 2. The number of amides is 2. The van der Waals surface area contributed by atoms with Crippen molar-refractivity contribution in [3.8, 4) is 5.75 Å². The van der Waals surface area contributed by atoms with Crippen molar-refractivity contribution in [1.29, 1.82) is 0 Å². The Bertz CT molecular complexity index is 1100. The molecule has 0 radical (unpaired) electrons. The van der Waals surface area contributed by atoms with Gasteiger partial charge in [-0.2, -0.15) is 0 Å². The SMILES string of the molecule is CNC(=O)c1ncc(N2CCN(Cc3ccc4c(c3F)NC(=O)C3(CC3)O4)CC2)c(C)n1. The molecule has 10 heteroatoms. The number of anilines is 2. The molecule has 3 aliphatic rings. The largest absolute Gasteiger partial charge is 0.475 e. The molecule has 1 aromatic heterocycles. The van der Waals surface area contributed by atoms with Gasteiger partial charge >= 0.3 is 0 Å². The molecule has 0 atom stereocenters. The summed E-state index contributed by atoms with van der Waals surface area (Å²) in [4.78, 5) is 36.8. The number of hydrogen-bond acceptors (Lipinski definition) is 7. The number of hydrogen-bond donors (Lipinski definition) is 2. The molecule has 2 amide bonds. The van der Waals surface area contributed by atoms with Crippen LogP contribution in [-0.2, 0) is 11.3 Å². The summed E-state index contributed by atoms with van der Waals surface area (Å²) in [6.45, 7) is 5.24. The van der Waals surface area contributed by atoms with E-state index in [2.05, 4.69) is 30.4 Å². The van der Waals surface area contributed by atoms with Crippen molar-refractivity contribution in [3.05, 3.63) is 41.2 Å². The topological polar surface area (TPSA) is 99.7 Å². The Kier molecular flexibility index (Phi) is 4.96. The van der Waals surface area contributed by atoms with Gasteiger partial charge in [-0.1, -0.05) is 6.07 Å². The number of piperazine rings is 1. The molecule has 0 unspecified atom stereocenters. The van der Waals surface area contributed by atoms with Crippen LogP contribution in [0.2, 0.25) is 0 Å². The van der Waals surface area contributed by atoms with Crippen LogP contribution in [0.25, 0.3) is 0 Å². The molecule has 2 aromatic rings. The van der Waals surface area contributed by atoms with Crippen LogP contribution in [0.4, 0.5) is 15.8 Å². The van der Waals surface area contributed by atoms with E-state index in [1.807, 2.05) is 6.92 Å². The maximum absolute atomic E-state index is 15.1. The minimum absolute atomic E-state index is 0.146. The smallest absolute Gasteiger partial charge is 0.288 e. The van der Waals surface area contributed by atoms with Crippen LogP contribution in [0.15, 0.2) is 18.3 Å². The summed E-state index contributed by atoms with van der Waals surface area (Å²) >= 11 is 0. The molecule has 9 nitrogen and oxygen atoms in total. The fraction of sp³-hybridized carbons (Fsp3) is 0.455. The van der Waals surface area contributed by atoms with Crippen LogP contribution in [0.5, 0.6) is 5.75 Å². The van der Waals surface area contributed by atoms with E-state index in [4.69, 9.17) is 4.74 Å². The van der Waals surface area contributed by atoms with Crippen LogP contribution in [0, 0.1) is 12.7 Å². The number of halogens is 1. The summed E-state index contributed by atoms with van der Waals surface area (Å²) in [5, 5.41) is 5.23. The first-order valence-electron chi connectivity index (χ1n) is 10.7. The first-order chi connectivity index (χ1) is 15.4. The van der Waals surface area contributed by atoms with Gasteiger partial charge in [0.05, 0.1) is 17.6 Å². The van der Waals surface area contributed by atoms with Crippen molar-refractivity contribution in [2.24, 2.45) is 0 Å². The van der Waals surface area contributed by atoms with E-state index in [-0.39, 0.29) is 23.3 Å². The van der Waals surface area contributed by atoms with Gasteiger partial charge in [0.15, 0.2) is 11.4 Å². The van der Waals surface area contributed by atoms with Crippen molar-refractivity contribution >= 4 is 23.2 Å². The lowest BCUT2D eigenvalue weighted by Crippen LogP contribution is -2.46. The highest BCUT2D eigenvalue weighted by atomic mass is 19.1. The maximum Gasteiger partial charge on any atom is 0.288 e. The molecule has 168 valence electrons. The minimum atomic E-state index is -0.780. The highest BCUT2D eigenvalue weighted by molar-refractivity contribution is 6.02. The molecule has 1 aliphatic carbocycles. The van der Waals surface area contributed by atoms with Crippen LogP contribution in [-0.4, -0.2) is 65.5 Å². The van der Waals surface area contributed by atoms with Gasteiger partial charge in [-0.3, -0.25) is 14.5 Å². The average molecular weight is 440 g/mol. The third-order valence-corrected chi connectivity index (χ3v) is 6.34. The Morgan fingerprint density at radius 3 is 2.69 bits per heavy atom. The second kappa shape index (κ2) is 7.70. The van der Waals surface area contributed by atoms with Gasteiger partial charge < -0.3 is 20.3 Å². The van der Waals surface area contributed by atoms with Gasteiger partial charge in [0, 0.05) is 58.2 Å². The van der Waals surface area contributed by atoms with Gasteiger partial charge in [-0.05, 0) is 13.0 Å². The highest BCUT2D eigenvalue weighted by Gasteiger charge is 2.55. The molecule has 1 saturated carbocycles. The van der Waals surface area contributed by atoms with E-state index in [0.717, 1.165) is 37.6 Å². The van der Waals surface area contributed by atoms with Crippen molar-refractivity contribution in [3.63, 3.8) is 0 Å². The average Bonchev–Trinajstić information content (AvgIpc) is 3.57. The third kappa shape index (κ3) is 3.54. The summed E-state index contributed by atoms with van der Waals surface area (Å²) < 4.78 is 20.9. The van der Waals surface area contributed by atoms with Crippen LogP contribution >= 0.6 is 0 Å². The molecule has 2 aliphatic heterocycles. The Balaban J connectivity index is 1.24. The normalized spacial score (nSPS) is 19.2. The van der Waals surface area contributed by atoms with Crippen molar-refractivity contribution in [1.82, 2.24) is 20.2 Å². The molecule has 1 spiro atoms. The number of ether oxygens (including phenoxy) is 1. The quantitative estimate of drug-likeness (QED) is 0.743. The van der Waals surface area contributed by atoms with Crippen molar-refractivity contribution in [2.45, 2.75) is 31.9 Å². The van der Waals surface area contributed by atoms with E-state index < -0.39 is 11.4 Å². The first-order valence-corrected chi connectivity index (χ1v) is 10.7. The van der Waals surface area contributed by atoms with Crippen LogP contribution in [0.3, 0.4) is 0 Å². The Morgan fingerprint density at radius 2 is 2.03 bits per heavy atom. The molecule has 32 heavy (non-hydrogen) atoms. The lowest BCUT2D eigenvalue weighted by atomic mass is 10.1. The van der Waals surface area contributed by atoms with E-state index >= 15 is 4.39 Å². The van der Waals surface area contributed by atoms with Crippen molar-refractivity contribution < 1.29 is 18.7 Å². The number of nitrogens with one attached hydrogen (secondary N) is 2. The van der Waals surface area contributed by atoms with Crippen LogP contribution in [0.1, 0.15) is 34.7 Å². The fourth-order valence-electron chi connectivity index (χ4n) is 4.23. The van der Waals surface area contributed by atoms with E-state index in [1.165, 1.54) is 0 Å². The molecule has 0 bridgehead atoms. The van der Waals surface area contributed by atoms with E-state index in [0.29, 0.717) is 30.7 Å². The predicted molar refractivity (Wildman–Crippen MR) is 115 cm³/mol. The Morgan fingerprint density at radius 1 is 1.28 bits per heavy atom. The minimum Gasteiger partial charge on any atom is -0.475 e. The van der Waals surface area contributed by atoms with Gasteiger partial charge in [0.1, 0.15) is 11.4 Å². The number of fused-ring (bicyclic) bond motifs is 1. The van der Waals surface area contributed by atoms with Gasteiger partial charge in [-0.25, -0.2) is 14.4 Å². The summed E-state index contributed by atoms with van der Waals surface area (Å²) in [5.41, 5.74) is 1.54. The molecular formula is C22H25FN6O3. The lowest BCUT2D eigenvalue weighted by molar-refractivity contribution is -0.125. The number of carbonyl (C=O) groups excluding carboxylic acids is 2. The Hall–Kier alpha value is -3.27. The zero-order chi connectivity index (χ0) is 22.5. The summed E-state index contributed by atoms with van der Waals surface area (Å²) in [5.74, 6) is -0.439. The third-order valence-electron chi connectivity index (χ3n) is 6.34. The van der Waals surface area contributed by atoms with E-state index in [9.17, 15) is 9.59 Å². The Labute approximate surface area is 185 Å². The monoisotopic (exact) mass is 440 g/mol. The second-order valence-corrected chi connectivity index (χ2v) is 8.47. The molecule has 2 fully saturated rings. The summed E-state index contributed by atoms with van der Waals surface area (Å²) in [7, 11) is 1.55. The standard InChI is InChI=1S/C22H25FN6O3/c1-13-15(11-25-19(26-13)20(30)24-2)29-9-7-28(8-10-29)12-14-3-4-16-18(17(14)23)27-21(31)22(32-16)5-6-22/h3-4,11H,5-10,12H2,1-2H3,(H,24,30)(H,27,31). The summed E-state index contributed by atoms with van der Waals surface area (Å²) in [6.07, 6.45) is 3.02. The van der Waals surface area contributed by atoms with Gasteiger partial charge in [-0.15, -0.1) is 0 Å². The highest BCUT2D eigenvalue weighted by Crippen LogP contribution is 2.47. The number of aryl methyl sites for hydroxylation is 1. The maximum atomic E-state index is 15.1. The van der Waals surface area contributed by atoms with E-state index in [1.54, 1.807) is 25.4 Å². The fourth-order valence-corrected chi connectivity index (χ4v) is 4.23. The van der Waals surface area contributed by atoms with Crippen molar-refractivity contribution in [2.75, 3.05) is 43.4 Å².